The number of carbonyl (C=O) groups excluding carboxylic acids is 1. The van der Waals surface area contributed by atoms with Crippen LogP contribution >= 0.6 is 27.5 Å². The lowest BCUT2D eigenvalue weighted by Crippen LogP contribution is -2.22. The van der Waals surface area contributed by atoms with Crippen LogP contribution in [0.3, 0.4) is 0 Å². The summed E-state index contributed by atoms with van der Waals surface area (Å²) in [5.41, 5.74) is -0.110. The van der Waals surface area contributed by atoms with E-state index in [0.717, 1.165) is 0 Å². The van der Waals surface area contributed by atoms with E-state index < -0.39 is 5.97 Å². The summed E-state index contributed by atoms with van der Waals surface area (Å²) in [5, 5.41) is 10.3. The number of carbonyl (C=O) groups is 1. The van der Waals surface area contributed by atoms with E-state index in [-0.39, 0.29) is 10.7 Å². The summed E-state index contributed by atoms with van der Waals surface area (Å²) in [7, 11) is 0. The number of hydrogen-bond acceptors (Lipinski definition) is 3. The highest BCUT2D eigenvalue weighted by Gasteiger charge is 2.01. The number of rotatable bonds is 1. The number of nitrogens with zero attached hydrogens (tertiary/aromatic N) is 1. The lowest BCUT2D eigenvalue weighted by atomic mass is 10.3. The molecule has 1 heterocycles. The number of hydrogen-bond donors (Lipinski definition) is 0. The summed E-state index contributed by atoms with van der Waals surface area (Å²) >= 11 is 8.49. The van der Waals surface area contributed by atoms with E-state index in [1.165, 1.54) is 12.3 Å². The molecule has 0 fully saturated rings. The molecule has 0 spiro atoms. The molecular formula is C6H2BrClNO2-. The van der Waals surface area contributed by atoms with E-state index in [4.69, 9.17) is 11.6 Å². The maximum absolute atomic E-state index is 10.3. The minimum atomic E-state index is -1.33. The third kappa shape index (κ3) is 1.91. The molecule has 0 radical (unpaired) electrons. The van der Waals surface area contributed by atoms with Gasteiger partial charge in [0.1, 0.15) is 5.15 Å². The maximum atomic E-state index is 10.3. The predicted octanol–water partition coefficient (Wildman–Crippen LogP) is 0.861. The largest absolute Gasteiger partial charge is 0.545 e. The smallest absolute Gasteiger partial charge is 0.138 e. The molecule has 0 atom stereocenters. The van der Waals surface area contributed by atoms with Gasteiger partial charge < -0.3 is 9.90 Å². The zero-order valence-corrected chi connectivity index (χ0v) is 7.52. The van der Waals surface area contributed by atoms with E-state index in [0.29, 0.717) is 4.47 Å². The molecule has 1 aromatic heterocycles. The molecule has 1 aromatic rings. The molecule has 0 bridgehead atoms. The van der Waals surface area contributed by atoms with Crippen molar-refractivity contribution in [1.82, 2.24) is 4.98 Å². The molecule has 0 aromatic carbocycles. The van der Waals surface area contributed by atoms with Gasteiger partial charge in [0, 0.05) is 16.2 Å². The Kier molecular flexibility index (Phi) is 2.46. The molecule has 0 aliphatic heterocycles. The second-order valence-corrected chi connectivity index (χ2v) is 3.05. The first kappa shape index (κ1) is 8.49. The first-order valence-corrected chi connectivity index (χ1v) is 3.81. The number of pyridine rings is 1. The van der Waals surface area contributed by atoms with Crippen LogP contribution in [0.25, 0.3) is 0 Å². The minimum Gasteiger partial charge on any atom is -0.545 e. The molecule has 0 N–H and O–H groups in total. The van der Waals surface area contributed by atoms with Crippen LogP contribution in [0.2, 0.25) is 5.15 Å². The molecule has 0 aliphatic rings. The Labute approximate surface area is 76.1 Å². The molecule has 0 saturated heterocycles. The summed E-state index contributed by atoms with van der Waals surface area (Å²) < 4.78 is 0.557. The third-order valence-electron chi connectivity index (χ3n) is 1.03. The highest BCUT2D eigenvalue weighted by Crippen LogP contribution is 2.16. The topological polar surface area (TPSA) is 53.0 Å². The van der Waals surface area contributed by atoms with E-state index >= 15 is 0 Å². The Morgan fingerprint density at radius 1 is 1.73 bits per heavy atom. The van der Waals surface area contributed by atoms with Crippen LogP contribution in [-0.4, -0.2) is 11.0 Å². The van der Waals surface area contributed by atoms with Gasteiger partial charge in [0.25, 0.3) is 0 Å². The zero-order valence-electron chi connectivity index (χ0n) is 5.17. The molecule has 0 amide bonds. The van der Waals surface area contributed by atoms with E-state index in [2.05, 4.69) is 20.9 Å². The first-order chi connectivity index (χ1) is 5.11. The average Bonchev–Trinajstić information content (AvgIpc) is 1.94. The van der Waals surface area contributed by atoms with Gasteiger partial charge in [0.2, 0.25) is 0 Å². The Morgan fingerprint density at radius 3 is 2.82 bits per heavy atom. The minimum absolute atomic E-state index is 0.0619. The van der Waals surface area contributed by atoms with Crippen molar-refractivity contribution in [2.45, 2.75) is 0 Å². The van der Waals surface area contributed by atoms with Crippen LogP contribution in [-0.2, 0) is 0 Å². The SMILES string of the molecule is O=C([O-])c1cc(Br)cnc1Cl. The van der Waals surface area contributed by atoms with Gasteiger partial charge in [-0.3, -0.25) is 0 Å². The molecular weight excluding hydrogens is 233 g/mol. The second-order valence-electron chi connectivity index (χ2n) is 1.78. The van der Waals surface area contributed by atoms with Gasteiger partial charge in [-0.2, -0.15) is 0 Å². The molecule has 0 aliphatic carbocycles. The normalized spacial score (nSPS) is 9.64. The van der Waals surface area contributed by atoms with Gasteiger partial charge >= 0.3 is 0 Å². The van der Waals surface area contributed by atoms with Gasteiger partial charge in [0.05, 0.1) is 5.97 Å². The van der Waals surface area contributed by atoms with Crippen LogP contribution < -0.4 is 5.11 Å². The van der Waals surface area contributed by atoms with Crippen LogP contribution in [0, 0.1) is 0 Å². The van der Waals surface area contributed by atoms with Crippen LogP contribution in [0.1, 0.15) is 10.4 Å². The Morgan fingerprint density at radius 2 is 2.36 bits per heavy atom. The fourth-order valence-electron chi connectivity index (χ4n) is 0.566. The fourth-order valence-corrected chi connectivity index (χ4v) is 1.08. The molecule has 0 unspecified atom stereocenters. The van der Waals surface area contributed by atoms with Gasteiger partial charge in [-0.05, 0) is 22.0 Å². The molecule has 3 nitrogen and oxygen atoms in total. The second kappa shape index (κ2) is 3.19. The van der Waals surface area contributed by atoms with Crippen molar-refractivity contribution >= 4 is 33.5 Å². The van der Waals surface area contributed by atoms with E-state index in [1.807, 2.05) is 0 Å². The Hall–Kier alpha value is -0.610. The van der Waals surface area contributed by atoms with Crippen molar-refractivity contribution in [3.05, 3.63) is 27.5 Å². The summed E-state index contributed by atoms with van der Waals surface area (Å²) in [4.78, 5) is 13.9. The predicted molar refractivity (Wildman–Crippen MR) is 41.3 cm³/mol. The van der Waals surface area contributed by atoms with Crippen molar-refractivity contribution in [2.24, 2.45) is 0 Å². The van der Waals surface area contributed by atoms with Crippen molar-refractivity contribution in [1.29, 1.82) is 0 Å². The first-order valence-electron chi connectivity index (χ1n) is 2.63. The zero-order chi connectivity index (χ0) is 8.43. The van der Waals surface area contributed by atoms with Crippen molar-refractivity contribution in [3.63, 3.8) is 0 Å². The summed E-state index contributed by atoms with van der Waals surface area (Å²) in [6.07, 6.45) is 1.41. The highest BCUT2D eigenvalue weighted by atomic mass is 79.9. The van der Waals surface area contributed by atoms with E-state index in [9.17, 15) is 9.90 Å². The fraction of sp³-hybridized carbons (Fsp3) is 0. The van der Waals surface area contributed by atoms with Crippen molar-refractivity contribution in [3.8, 4) is 0 Å². The standard InChI is InChI=1S/C6H3BrClNO2/c7-3-1-4(6(10)11)5(8)9-2-3/h1-2H,(H,10,11)/p-1. The van der Waals surface area contributed by atoms with Gasteiger partial charge in [0.15, 0.2) is 0 Å². The lowest BCUT2D eigenvalue weighted by molar-refractivity contribution is -0.255. The van der Waals surface area contributed by atoms with Crippen LogP contribution in [0.4, 0.5) is 0 Å². The number of aromatic carboxylic acids is 1. The molecule has 1 rings (SSSR count). The van der Waals surface area contributed by atoms with Crippen LogP contribution in [0.15, 0.2) is 16.7 Å². The molecule has 11 heavy (non-hydrogen) atoms. The molecule has 58 valence electrons. The van der Waals surface area contributed by atoms with E-state index in [1.54, 1.807) is 0 Å². The quantitative estimate of drug-likeness (QED) is 0.679. The van der Waals surface area contributed by atoms with Gasteiger partial charge in [-0.25, -0.2) is 4.98 Å². The summed E-state index contributed by atoms with van der Waals surface area (Å²) in [6, 6.07) is 1.34. The lowest BCUT2D eigenvalue weighted by Gasteiger charge is -2.03. The van der Waals surface area contributed by atoms with Gasteiger partial charge in [-0.15, -0.1) is 0 Å². The summed E-state index contributed by atoms with van der Waals surface area (Å²) in [6.45, 7) is 0. The number of carboxylic acid groups (broad SMARTS) is 1. The Balaban J connectivity index is 3.23. The maximum Gasteiger partial charge on any atom is 0.138 e. The summed E-state index contributed by atoms with van der Waals surface area (Å²) in [5.74, 6) is -1.33. The number of aromatic nitrogens is 1. The van der Waals surface area contributed by atoms with Crippen LogP contribution in [0.5, 0.6) is 0 Å². The molecule has 0 saturated carbocycles. The monoisotopic (exact) mass is 234 g/mol. The number of halogens is 2. The average molecular weight is 235 g/mol. The molecule has 5 heteroatoms. The number of carboxylic acids is 1. The van der Waals surface area contributed by atoms with Crippen molar-refractivity contribution < 1.29 is 9.90 Å². The van der Waals surface area contributed by atoms with Crippen molar-refractivity contribution in [2.75, 3.05) is 0 Å². The third-order valence-corrected chi connectivity index (χ3v) is 1.76. The Bertz CT molecular complexity index is 303. The van der Waals surface area contributed by atoms with Gasteiger partial charge in [-0.1, -0.05) is 11.6 Å². The highest BCUT2D eigenvalue weighted by molar-refractivity contribution is 9.10.